The number of furan rings is 1. The number of anilines is 1. The van der Waals surface area contributed by atoms with Gasteiger partial charge in [0.2, 0.25) is 0 Å². The van der Waals surface area contributed by atoms with Crippen molar-refractivity contribution in [2.24, 2.45) is 0 Å². The summed E-state index contributed by atoms with van der Waals surface area (Å²) < 4.78 is 10.7. The molecule has 0 atom stereocenters. The number of ether oxygens (including phenoxy) is 1. The van der Waals surface area contributed by atoms with Crippen molar-refractivity contribution in [1.29, 1.82) is 5.26 Å². The van der Waals surface area contributed by atoms with E-state index in [0.717, 1.165) is 0 Å². The number of hydrogen-bond donors (Lipinski definition) is 1. The van der Waals surface area contributed by atoms with Crippen LogP contribution in [0.4, 0.5) is 5.69 Å². The van der Waals surface area contributed by atoms with Crippen molar-refractivity contribution in [2.45, 2.75) is 0 Å². The second kappa shape index (κ2) is 8.59. The lowest BCUT2D eigenvalue weighted by Gasteiger charge is -2.05. The van der Waals surface area contributed by atoms with Crippen molar-refractivity contribution in [1.82, 2.24) is 0 Å². The standard InChI is InChI=1S/C22H16N2O5/c1-28-18-8-6-17(7-9-18)24-21(25)16(13-23)12-19-10-11-20(29-19)14-2-4-15(5-3-14)22(26)27/h2-12H,1H3,(H,24,25)(H,26,27)/p-1/b16-12+. The van der Waals surface area contributed by atoms with Crippen molar-refractivity contribution in [2.75, 3.05) is 12.4 Å². The van der Waals surface area contributed by atoms with Crippen molar-refractivity contribution in [3.05, 3.63) is 77.6 Å². The number of carboxylic acid groups (broad SMARTS) is 1. The smallest absolute Gasteiger partial charge is 0.266 e. The first kappa shape index (κ1) is 19.5. The van der Waals surface area contributed by atoms with Gasteiger partial charge < -0.3 is 24.4 Å². The van der Waals surface area contributed by atoms with Gasteiger partial charge >= 0.3 is 0 Å². The number of nitrogens with one attached hydrogen (secondary N) is 1. The van der Waals surface area contributed by atoms with Gasteiger partial charge in [-0.2, -0.15) is 5.26 Å². The maximum atomic E-state index is 12.3. The summed E-state index contributed by atoms with van der Waals surface area (Å²) in [4.78, 5) is 23.2. The number of nitrogens with zero attached hydrogens (tertiary/aromatic N) is 1. The summed E-state index contributed by atoms with van der Waals surface area (Å²) in [6.45, 7) is 0. The molecule has 29 heavy (non-hydrogen) atoms. The number of carboxylic acids is 1. The Morgan fingerprint density at radius 1 is 1.07 bits per heavy atom. The summed E-state index contributed by atoms with van der Waals surface area (Å²) in [5, 5.41) is 22.8. The maximum absolute atomic E-state index is 12.3. The van der Waals surface area contributed by atoms with Crippen LogP contribution in [0.25, 0.3) is 17.4 Å². The molecule has 3 aromatic rings. The zero-order valence-corrected chi connectivity index (χ0v) is 15.3. The largest absolute Gasteiger partial charge is 0.545 e. The average molecular weight is 387 g/mol. The molecule has 0 fully saturated rings. The number of amides is 1. The molecule has 1 amide bonds. The fourth-order valence-corrected chi connectivity index (χ4v) is 2.52. The van der Waals surface area contributed by atoms with E-state index >= 15 is 0 Å². The van der Waals surface area contributed by atoms with Gasteiger partial charge in [0, 0.05) is 17.3 Å². The molecule has 0 aliphatic rings. The predicted octanol–water partition coefficient (Wildman–Crippen LogP) is 2.86. The lowest BCUT2D eigenvalue weighted by atomic mass is 10.1. The molecule has 7 heteroatoms. The first-order valence-corrected chi connectivity index (χ1v) is 8.49. The number of aromatic carboxylic acids is 1. The number of methoxy groups -OCH3 is 1. The summed E-state index contributed by atoms with van der Waals surface area (Å²) in [6, 6.07) is 17.8. The van der Waals surface area contributed by atoms with Crippen LogP contribution in [0.3, 0.4) is 0 Å². The van der Waals surface area contributed by atoms with Gasteiger partial charge in [-0.25, -0.2) is 0 Å². The fourth-order valence-electron chi connectivity index (χ4n) is 2.52. The highest BCUT2D eigenvalue weighted by atomic mass is 16.5. The van der Waals surface area contributed by atoms with Crippen LogP contribution in [-0.2, 0) is 4.79 Å². The van der Waals surface area contributed by atoms with Crippen LogP contribution in [0, 0.1) is 11.3 Å². The summed E-state index contributed by atoms with van der Waals surface area (Å²) in [5.74, 6) is -0.413. The third-order valence-corrected chi connectivity index (χ3v) is 4.03. The quantitative estimate of drug-likeness (QED) is 0.514. The summed E-state index contributed by atoms with van der Waals surface area (Å²) in [7, 11) is 1.54. The summed E-state index contributed by atoms with van der Waals surface area (Å²) in [6.07, 6.45) is 1.33. The van der Waals surface area contributed by atoms with Gasteiger partial charge in [0.05, 0.1) is 13.1 Å². The van der Waals surface area contributed by atoms with Crippen LogP contribution < -0.4 is 15.2 Å². The molecule has 1 heterocycles. The summed E-state index contributed by atoms with van der Waals surface area (Å²) >= 11 is 0. The average Bonchev–Trinajstić information content (AvgIpc) is 3.21. The molecule has 2 aromatic carbocycles. The van der Waals surface area contributed by atoms with Gasteiger partial charge in [-0.3, -0.25) is 4.79 Å². The third-order valence-electron chi connectivity index (χ3n) is 4.03. The first-order chi connectivity index (χ1) is 14.0. The Balaban J connectivity index is 1.76. The molecule has 1 aromatic heterocycles. The van der Waals surface area contributed by atoms with E-state index in [1.165, 1.54) is 18.2 Å². The zero-order chi connectivity index (χ0) is 20.8. The Morgan fingerprint density at radius 2 is 1.76 bits per heavy atom. The molecular formula is C22H15N2O5-. The van der Waals surface area contributed by atoms with Crippen molar-refractivity contribution in [3.8, 4) is 23.1 Å². The van der Waals surface area contributed by atoms with E-state index < -0.39 is 11.9 Å². The van der Waals surface area contributed by atoms with E-state index in [1.807, 2.05) is 6.07 Å². The third kappa shape index (κ3) is 4.70. The summed E-state index contributed by atoms with van der Waals surface area (Å²) in [5.41, 5.74) is 1.09. The van der Waals surface area contributed by atoms with Crippen LogP contribution in [0.1, 0.15) is 16.1 Å². The van der Waals surface area contributed by atoms with Gasteiger partial charge in [0.15, 0.2) is 0 Å². The van der Waals surface area contributed by atoms with Crippen molar-refractivity contribution >= 4 is 23.6 Å². The van der Waals surface area contributed by atoms with Gasteiger partial charge in [-0.05, 0) is 42.0 Å². The first-order valence-electron chi connectivity index (χ1n) is 8.49. The number of benzene rings is 2. The predicted molar refractivity (Wildman–Crippen MR) is 104 cm³/mol. The maximum Gasteiger partial charge on any atom is 0.266 e. The molecule has 0 radical (unpaired) electrons. The van der Waals surface area contributed by atoms with Gasteiger partial charge in [-0.15, -0.1) is 0 Å². The Morgan fingerprint density at radius 3 is 2.34 bits per heavy atom. The monoisotopic (exact) mass is 387 g/mol. The Kier molecular flexibility index (Phi) is 5.76. The molecule has 1 N–H and O–H groups in total. The second-order valence-electron chi connectivity index (χ2n) is 5.92. The minimum Gasteiger partial charge on any atom is -0.545 e. The van der Waals surface area contributed by atoms with Gasteiger partial charge in [0.1, 0.15) is 28.9 Å². The van der Waals surface area contributed by atoms with Crippen LogP contribution >= 0.6 is 0 Å². The minimum atomic E-state index is -1.26. The van der Waals surface area contributed by atoms with Crippen LogP contribution in [0.2, 0.25) is 0 Å². The van der Waals surface area contributed by atoms with E-state index in [1.54, 1.807) is 55.6 Å². The van der Waals surface area contributed by atoms with Crippen molar-refractivity contribution in [3.63, 3.8) is 0 Å². The number of hydrogen-bond acceptors (Lipinski definition) is 6. The van der Waals surface area contributed by atoms with E-state index in [2.05, 4.69) is 5.32 Å². The molecule has 0 spiro atoms. The van der Waals surface area contributed by atoms with Crippen molar-refractivity contribution < 1.29 is 23.8 Å². The molecule has 144 valence electrons. The molecule has 0 aliphatic carbocycles. The van der Waals surface area contributed by atoms with E-state index in [4.69, 9.17) is 9.15 Å². The Labute approximate surface area is 166 Å². The molecule has 0 aliphatic heterocycles. The number of carbonyl (C=O) groups is 2. The fraction of sp³-hybridized carbons (Fsp3) is 0.0455. The molecular weight excluding hydrogens is 372 g/mol. The Hall–Kier alpha value is -4.31. The minimum absolute atomic E-state index is 0.0578. The van der Waals surface area contributed by atoms with E-state index in [0.29, 0.717) is 28.5 Å². The van der Waals surface area contributed by atoms with E-state index in [9.17, 15) is 20.0 Å². The molecule has 3 rings (SSSR count). The lowest BCUT2D eigenvalue weighted by molar-refractivity contribution is -0.255. The van der Waals surface area contributed by atoms with Crippen LogP contribution in [-0.4, -0.2) is 19.0 Å². The normalized spacial score (nSPS) is 10.8. The van der Waals surface area contributed by atoms with Gasteiger partial charge in [-0.1, -0.05) is 24.3 Å². The van der Waals surface area contributed by atoms with E-state index in [-0.39, 0.29) is 11.1 Å². The number of carbonyl (C=O) groups excluding carboxylic acids is 2. The Bertz CT molecular complexity index is 1100. The topological polar surface area (TPSA) is 115 Å². The number of nitriles is 1. The highest BCUT2D eigenvalue weighted by Gasteiger charge is 2.12. The molecule has 0 unspecified atom stereocenters. The van der Waals surface area contributed by atoms with Crippen LogP contribution in [0.15, 0.2) is 70.7 Å². The highest BCUT2D eigenvalue weighted by Crippen LogP contribution is 2.24. The lowest BCUT2D eigenvalue weighted by Crippen LogP contribution is -2.21. The van der Waals surface area contributed by atoms with Gasteiger partial charge in [0.25, 0.3) is 5.91 Å². The zero-order valence-electron chi connectivity index (χ0n) is 15.3. The molecule has 7 nitrogen and oxygen atoms in total. The second-order valence-corrected chi connectivity index (χ2v) is 5.92. The number of rotatable bonds is 6. The SMILES string of the molecule is COc1ccc(NC(=O)/C(C#N)=C/c2ccc(-c3ccc(C(=O)[O-])cc3)o2)cc1. The highest BCUT2D eigenvalue weighted by molar-refractivity contribution is 6.09. The van der Waals surface area contributed by atoms with Crippen LogP contribution in [0.5, 0.6) is 5.75 Å². The molecule has 0 saturated carbocycles. The molecule has 0 bridgehead atoms. The molecule has 0 saturated heterocycles.